The van der Waals surface area contributed by atoms with Gasteiger partial charge in [0.2, 0.25) is 6.10 Å². The first-order chi connectivity index (χ1) is 13.1. The van der Waals surface area contributed by atoms with Crippen molar-refractivity contribution in [2.45, 2.75) is 109 Å². The van der Waals surface area contributed by atoms with Crippen molar-refractivity contribution in [3.63, 3.8) is 0 Å². The number of nitrogens with one attached hydrogen (secondary N) is 1. The molecule has 1 N–H and O–H groups in total. The van der Waals surface area contributed by atoms with E-state index in [1.807, 2.05) is 0 Å². The summed E-state index contributed by atoms with van der Waals surface area (Å²) in [4.78, 5) is 24.7. The summed E-state index contributed by atoms with van der Waals surface area (Å²) < 4.78 is 11.2. The molecule has 1 rings (SSSR count). The zero-order valence-corrected chi connectivity index (χ0v) is 18.7. The minimum Gasteiger partial charge on any atom is -0.449 e. The third kappa shape index (κ3) is 11.1. The summed E-state index contributed by atoms with van der Waals surface area (Å²) in [7, 11) is 0. The van der Waals surface area contributed by atoms with Crippen molar-refractivity contribution in [1.29, 1.82) is 0 Å². The van der Waals surface area contributed by atoms with Gasteiger partial charge in [0.05, 0.1) is 6.10 Å². The summed E-state index contributed by atoms with van der Waals surface area (Å²) in [6.45, 7) is 4.90. The van der Waals surface area contributed by atoms with Crippen LogP contribution in [0.15, 0.2) is 0 Å². The molecule has 3 atom stereocenters. The molecule has 0 radical (unpaired) electrons. The molecule has 0 aromatic rings. The van der Waals surface area contributed by atoms with Gasteiger partial charge in [0.25, 0.3) is 5.91 Å². The van der Waals surface area contributed by atoms with Gasteiger partial charge in [-0.25, -0.2) is 0 Å². The summed E-state index contributed by atoms with van der Waals surface area (Å²) >= 11 is 3.39. The van der Waals surface area contributed by atoms with Gasteiger partial charge in [0.1, 0.15) is 6.10 Å². The fraction of sp³-hybridized carbons (Fsp3) is 0.905. The highest BCUT2D eigenvalue weighted by molar-refractivity contribution is 9.09. The Morgan fingerprint density at radius 3 is 2.41 bits per heavy atom. The van der Waals surface area contributed by atoms with Crippen LogP contribution in [-0.4, -0.2) is 42.1 Å². The molecule has 158 valence electrons. The SMILES string of the molecule is CCCCCCC[C@H]1O[C@@H]1C(OC(=O)CCCCCBr)C(=O)NCCCC. The Morgan fingerprint density at radius 2 is 1.70 bits per heavy atom. The number of esters is 1. The van der Waals surface area contributed by atoms with Gasteiger partial charge in [-0.05, 0) is 25.7 Å². The number of unbranched alkanes of at least 4 members (excludes halogenated alkanes) is 7. The van der Waals surface area contributed by atoms with E-state index in [2.05, 4.69) is 35.1 Å². The average molecular weight is 448 g/mol. The smallest absolute Gasteiger partial charge is 0.306 e. The van der Waals surface area contributed by atoms with Crippen LogP contribution >= 0.6 is 15.9 Å². The summed E-state index contributed by atoms with van der Waals surface area (Å²) in [5.41, 5.74) is 0. The molecule has 0 aromatic heterocycles. The largest absolute Gasteiger partial charge is 0.449 e. The summed E-state index contributed by atoms with van der Waals surface area (Å²) in [6, 6.07) is 0. The lowest BCUT2D eigenvalue weighted by Gasteiger charge is -2.16. The van der Waals surface area contributed by atoms with Crippen LogP contribution in [0, 0.1) is 0 Å². The highest BCUT2D eigenvalue weighted by Crippen LogP contribution is 2.32. The number of carbonyl (C=O) groups is 2. The number of rotatable bonds is 17. The fourth-order valence-electron chi connectivity index (χ4n) is 3.10. The maximum atomic E-state index is 12.5. The zero-order chi connectivity index (χ0) is 19.9. The molecule has 0 bridgehead atoms. The molecule has 1 saturated heterocycles. The first-order valence-electron chi connectivity index (χ1n) is 10.8. The first-order valence-corrected chi connectivity index (χ1v) is 11.9. The van der Waals surface area contributed by atoms with E-state index in [-0.39, 0.29) is 24.1 Å². The molecule has 5 nitrogen and oxygen atoms in total. The molecule has 0 saturated carbocycles. The topological polar surface area (TPSA) is 67.9 Å². The average Bonchev–Trinajstić information content (AvgIpc) is 3.42. The monoisotopic (exact) mass is 447 g/mol. The van der Waals surface area contributed by atoms with E-state index in [9.17, 15) is 9.59 Å². The Hall–Kier alpha value is -0.620. The quantitative estimate of drug-likeness (QED) is 0.149. The molecular weight excluding hydrogens is 410 g/mol. The molecule has 1 aliphatic heterocycles. The Morgan fingerprint density at radius 1 is 1.00 bits per heavy atom. The molecule has 1 heterocycles. The van der Waals surface area contributed by atoms with E-state index in [1.54, 1.807) is 0 Å². The van der Waals surface area contributed by atoms with Crippen LogP contribution in [0.3, 0.4) is 0 Å². The lowest BCUT2D eigenvalue weighted by Crippen LogP contribution is -2.42. The molecule has 1 aliphatic rings. The van der Waals surface area contributed by atoms with Crippen LogP contribution in [0.5, 0.6) is 0 Å². The molecule has 0 aromatic carbocycles. The van der Waals surface area contributed by atoms with Crippen molar-refractivity contribution in [1.82, 2.24) is 5.32 Å². The zero-order valence-electron chi connectivity index (χ0n) is 17.1. The Labute approximate surface area is 173 Å². The minimum absolute atomic E-state index is 0.0507. The Balaban J connectivity index is 2.42. The maximum Gasteiger partial charge on any atom is 0.306 e. The summed E-state index contributed by atoms with van der Waals surface area (Å²) in [6.07, 6.45) is 11.1. The van der Waals surface area contributed by atoms with Gasteiger partial charge in [-0.3, -0.25) is 9.59 Å². The minimum atomic E-state index is -0.800. The van der Waals surface area contributed by atoms with Crippen LogP contribution in [0.25, 0.3) is 0 Å². The number of epoxide rings is 1. The van der Waals surface area contributed by atoms with E-state index >= 15 is 0 Å². The van der Waals surface area contributed by atoms with Crippen LogP contribution in [-0.2, 0) is 19.1 Å². The van der Waals surface area contributed by atoms with Gasteiger partial charge < -0.3 is 14.8 Å². The van der Waals surface area contributed by atoms with E-state index in [0.29, 0.717) is 13.0 Å². The number of hydrogen-bond donors (Lipinski definition) is 1. The molecule has 0 spiro atoms. The van der Waals surface area contributed by atoms with Gasteiger partial charge in [-0.2, -0.15) is 0 Å². The Kier molecular flexibility index (Phi) is 13.9. The number of alkyl halides is 1. The lowest BCUT2D eigenvalue weighted by atomic mass is 10.1. The van der Waals surface area contributed by atoms with Gasteiger partial charge in [0.15, 0.2) is 0 Å². The number of ether oxygens (including phenoxy) is 2. The van der Waals surface area contributed by atoms with Crippen LogP contribution in [0.4, 0.5) is 0 Å². The number of hydrogen-bond acceptors (Lipinski definition) is 4. The molecule has 0 aliphatic carbocycles. The summed E-state index contributed by atoms with van der Waals surface area (Å²) in [5, 5.41) is 3.83. The summed E-state index contributed by atoms with van der Waals surface area (Å²) in [5.74, 6) is -0.506. The predicted molar refractivity (Wildman–Crippen MR) is 112 cm³/mol. The van der Waals surface area contributed by atoms with E-state index in [4.69, 9.17) is 9.47 Å². The lowest BCUT2D eigenvalue weighted by molar-refractivity contribution is -0.157. The number of halogens is 1. The second kappa shape index (κ2) is 15.3. The predicted octanol–water partition coefficient (Wildman–Crippen LogP) is 4.90. The van der Waals surface area contributed by atoms with E-state index in [0.717, 1.165) is 50.3 Å². The van der Waals surface area contributed by atoms with E-state index in [1.165, 1.54) is 25.7 Å². The van der Waals surface area contributed by atoms with Crippen molar-refractivity contribution in [3.8, 4) is 0 Å². The molecule has 1 unspecified atom stereocenters. The number of carbonyl (C=O) groups excluding carboxylic acids is 2. The van der Waals surface area contributed by atoms with Gasteiger partial charge in [-0.1, -0.05) is 74.7 Å². The molecular formula is C21H38BrNO4. The van der Waals surface area contributed by atoms with Crippen molar-refractivity contribution in [3.05, 3.63) is 0 Å². The maximum absolute atomic E-state index is 12.5. The van der Waals surface area contributed by atoms with Gasteiger partial charge >= 0.3 is 5.97 Å². The Bertz CT molecular complexity index is 419. The van der Waals surface area contributed by atoms with Crippen molar-refractivity contribution < 1.29 is 19.1 Å². The number of amides is 1. The van der Waals surface area contributed by atoms with E-state index < -0.39 is 6.10 Å². The van der Waals surface area contributed by atoms with Crippen LogP contribution < -0.4 is 5.32 Å². The molecule has 6 heteroatoms. The normalized spacial score (nSPS) is 19.5. The molecule has 1 amide bonds. The second-order valence-corrected chi connectivity index (χ2v) is 8.19. The highest BCUT2D eigenvalue weighted by Gasteiger charge is 2.49. The van der Waals surface area contributed by atoms with Crippen LogP contribution in [0.1, 0.15) is 90.9 Å². The third-order valence-corrected chi connectivity index (χ3v) is 5.43. The molecule has 1 fully saturated rings. The van der Waals surface area contributed by atoms with Gasteiger partial charge in [0, 0.05) is 18.3 Å². The first kappa shape index (κ1) is 24.4. The third-order valence-electron chi connectivity index (χ3n) is 4.87. The van der Waals surface area contributed by atoms with Gasteiger partial charge in [-0.15, -0.1) is 0 Å². The second-order valence-electron chi connectivity index (χ2n) is 7.40. The van der Waals surface area contributed by atoms with Crippen molar-refractivity contribution in [2.24, 2.45) is 0 Å². The standard InChI is InChI=1S/C21H38BrNO4/c1-3-5-7-8-10-13-17-19(26-17)20(21(25)23-16-6-4-2)27-18(24)14-11-9-12-15-22/h17,19-20H,3-16H2,1-2H3,(H,23,25)/t17-,19+,20?/m1/s1. The highest BCUT2D eigenvalue weighted by atomic mass is 79.9. The van der Waals surface area contributed by atoms with Crippen molar-refractivity contribution >= 4 is 27.8 Å². The van der Waals surface area contributed by atoms with Crippen molar-refractivity contribution in [2.75, 3.05) is 11.9 Å². The van der Waals surface area contributed by atoms with Crippen LogP contribution in [0.2, 0.25) is 0 Å². The molecule has 27 heavy (non-hydrogen) atoms. The fourth-order valence-corrected chi connectivity index (χ4v) is 3.50.